The average Bonchev–Trinajstić information content (AvgIpc) is 2.26. The Hall–Kier alpha value is -1.62. The van der Waals surface area contributed by atoms with Crippen molar-refractivity contribution < 1.29 is 9.53 Å². The maximum absolute atomic E-state index is 11.7. The largest absolute Gasteiger partial charge is 0.384 e. The van der Waals surface area contributed by atoms with Gasteiger partial charge in [-0.15, -0.1) is 0 Å². The number of nitrogens with one attached hydrogen (secondary N) is 1. The van der Waals surface area contributed by atoms with Crippen molar-refractivity contribution in [2.45, 2.75) is 20.0 Å². The predicted molar refractivity (Wildman–Crippen MR) is 62.1 cm³/mol. The number of aromatic nitrogens is 1. The molecule has 0 radical (unpaired) electrons. The lowest BCUT2D eigenvalue weighted by Gasteiger charge is -2.12. The summed E-state index contributed by atoms with van der Waals surface area (Å²) in [4.78, 5) is 15.5. The van der Waals surface area contributed by atoms with E-state index in [1.54, 1.807) is 12.1 Å². The summed E-state index contributed by atoms with van der Waals surface area (Å²) in [6.07, 6.45) is 1.52. The summed E-state index contributed by atoms with van der Waals surface area (Å²) >= 11 is 0. The van der Waals surface area contributed by atoms with Gasteiger partial charge in [-0.1, -0.05) is 0 Å². The Labute approximate surface area is 95.0 Å². The zero-order chi connectivity index (χ0) is 12.0. The topological polar surface area (TPSA) is 77.2 Å². The Morgan fingerprint density at radius 1 is 1.69 bits per heavy atom. The van der Waals surface area contributed by atoms with Crippen molar-refractivity contribution in [3.05, 3.63) is 23.9 Å². The van der Waals surface area contributed by atoms with Gasteiger partial charge >= 0.3 is 0 Å². The van der Waals surface area contributed by atoms with Crippen LogP contribution in [0.25, 0.3) is 0 Å². The van der Waals surface area contributed by atoms with Crippen molar-refractivity contribution in [1.82, 2.24) is 10.3 Å². The van der Waals surface area contributed by atoms with Crippen LogP contribution < -0.4 is 11.1 Å². The molecule has 1 amide bonds. The number of hydrogen-bond donors (Lipinski definition) is 2. The molecule has 0 aliphatic carbocycles. The van der Waals surface area contributed by atoms with Gasteiger partial charge in [0, 0.05) is 24.9 Å². The highest BCUT2D eigenvalue weighted by atomic mass is 16.5. The minimum atomic E-state index is -0.166. The van der Waals surface area contributed by atoms with E-state index >= 15 is 0 Å². The molecule has 1 unspecified atom stereocenters. The predicted octanol–water partition coefficient (Wildman–Crippen LogP) is 0.819. The lowest BCUT2D eigenvalue weighted by atomic mass is 10.2. The van der Waals surface area contributed by atoms with E-state index in [-0.39, 0.29) is 12.0 Å². The monoisotopic (exact) mass is 223 g/mol. The van der Waals surface area contributed by atoms with Crippen LogP contribution in [0.5, 0.6) is 0 Å². The molecule has 0 aliphatic heterocycles. The smallest absolute Gasteiger partial charge is 0.251 e. The first-order valence-electron chi connectivity index (χ1n) is 5.24. The summed E-state index contributed by atoms with van der Waals surface area (Å²) in [5.74, 6) is 0.172. The van der Waals surface area contributed by atoms with Gasteiger partial charge in [0.1, 0.15) is 5.82 Å². The lowest BCUT2D eigenvalue weighted by molar-refractivity contribution is 0.0695. The molecule has 1 aromatic rings. The van der Waals surface area contributed by atoms with Crippen molar-refractivity contribution in [3.63, 3.8) is 0 Å². The van der Waals surface area contributed by atoms with E-state index in [0.717, 1.165) is 0 Å². The Morgan fingerprint density at radius 3 is 3.06 bits per heavy atom. The van der Waals surface area contributed by atoms with Crippen LogP contribution >= 0.6 is 0 Å². The van der Waals surface area contributed by atoms with Gasteiger partial charge in [-0.2, -0.15) is 0 Å². The third kappa shape index (κ3) is 3.86. The highest BCUT2D eigenvalue weighted by Crippen LogP contribution is 2.02. The zero-order valence-corrected chi connectivity index (χ0v) is 9.56. The number of carbonyl (C=O) groups excluding carboxylic acids is 1. The van der Waals surface area contributed by atoms with E-state index in [1.807, 2.05) is 13.8 Å². The van der Waals surface area contributed by atoms with E-state index in [9.17, 15) is 4.79 Å². The number of pyridine rings is 1. The minimum Gasteiger partial charge on any atom is -0.384 e. The second-order valence-electron chi connectivity index (χ2n) is 3.45. The molecular formula is C11H17N3O2. The second-order valence-corrected chi connectivity index (χ2v) is 3.45. The van der Waals surface area contributed by atoms with Gasteiger partial charge in [0.2, 0.25) is 0 Å². The Bertz CT molecular complexity index is 355. The van der Waals surface area contributed by atoms with Crippen molar-refractivity contribution >= 4 is 11.7 Å². The molecule has 5 heteroatoms. The van der Waals surface area contributed by atoms with Gasteiger partial charge in [-0.05, 0) is 26.0 Å². The van der Waals surface area contributed by atoms with E-state index in [1.165, 1.54) is 6.20 Å². The van der Waals surface area contributed by atoms with Crippen LogP contribution in [0, 0.1) is 0 Å². The first-order chi connectivity index (χ1) is 7.63. The van der Waals surface area contributed by atoms with Crippen LogP contribution in [0.4, 0.5) is 5.82 Å². The molecule has 88 valence electrons. The van der Waals surface area contributed by atoms with Crippen molar-refractivity contribution in [2.75, 3.05) is 18.9 Å². The van der Waals surface area contributed by atoms with Gasteiger partial charge in [-0.3, -0.25) is 4.79 Å². The maximum Gasteiger partial charge on any atom is 0.251 e. The molecule has 1 rings (SSSR count). The standard InChI is InChI=1S/C11H17N3O2/c1-3-16-8(2)7-14-11(15)9-4-5-13-10(12)6-9/h4-6,8H,3,7H2,1-2H3,(H2,12,13)(H,14,15). The van der Waals surface area contributed by atoms with Gasteiger partial charge in [0.25, 0.3) is 5.91 Å². The van der Waals surface area contributed by atoms with E-state index in [0.29, 0.717) is 24.5 Å². The van der Waals surface area contributed by atoms with E-state index < -0.39 is 0 Å². The molecule has 1 atom stereocenters. The normalized spacial score (nSPS) is 12.1. The number of nitrogen functional groups attached to an aromatic ring is 1. The fourth-order valence-corrected chi connectivity index (χ4v) is 1.27. The molecule has 0 aromatic carbocycles. The molecule has 16 heavy (non-hydrogen) atoms. The van der Waals surface area contributed by atoms with E-state index in [4.69, 9.17) is 10.5 Å². The minimum absolute atomic E-state index is 0.00753. The number of ether oxygens (including phenoxy) is 1. The van der Waals surface area contributed by atoms with Gasteiger partial charge in [-0.25, -0.2) is 4.98 Å². The number of anilines is 1. The highest BCUT2D eigenvalue weighted by molar-refractivity contribution is 5.94. The van der Waals surface area contributed by atoms with Gasteiger partial charge in [0.05, 0.1) is 6.10 Å². The van der Waals surface area contributed by atoms with Gasteiger partial charge in [0.15, 0.2) is 0 Å². The van der Waals surface area contributed by atoms with Crippen LogP contribution in [0.2, 0.25) is 0 Å². The van der Waals surface area contributed by atoms with Crippen LogP contribution in [0.1, 0.15) is 24.2 Å². The number of rotatable bonds is 5. The number of nitrogens with two attached hydrogens (primary N) is 1. The molecule has 0 spiro atoms. The molecule has 3 N–H and O–H groups in total. The molecule has 1 heterocycles. The molecule has 0 saturated carbocycles. The number of hydrogen-bond acceptors (Lipinski definition) is 4. The molecule has 0 saturated heterocycles. The highest BCUT2D eigenvalue weighted by Gasteiger charge is 2.07. The Balaban J connectivity index is 2.47. The second kappa shape index (κ2) is 6.07. The summed E-state index contributed by atoms with van der Waals surface area (Å²) in [5.41, 5.74) is 5.99. The molecule has 0 aliphatic rings. The molecule has 1 aromatic heterocycles. The van der Waals surface area contributed by atoms with E-state index in [2.05, 4.69) is 10.3 Å². The SMILES string of the molecule is CCOC(C)CNC(=O)c1ccnc(N)c1. The fraction of sp³-hybridized carbons (Fsp3) is 0.455. The average molecular weight is 223 g/mol. The lowest BCUT2D eigenvalue weighted by Crippen LogP contribution is -2.32. The van der Waals surface area contributed by atoms with Crippen molar-refractivity contribution in [3.8, 4) is 0 Å². The zero-order valence-electron chi connectivity index (χ0n) is 9.56. The first kappa shape index (κ1) is 12.4. The van der Waals surface area contributed by atoms with Gasteiger partial charge < -0.3 is 15.8 Å². The van der Waals surface area contributed by atoms with Crippen LogP contribution in [0.15, 0.2) is 18.3 Å². The first-order valence-corrected chi connectivity index (χ1v) is 5.24. The van der Waals surface area contributed by atoms with Crippen LogP contribution in [-0.2, 0) is 4.74 Å². The number of amides is 1. The third-order valence-corrected chi connectivity index (χ3v) is 2.04. The summed E-state index contributed by atoms with van der Waals surface area (Å²) in [7, 11) is 0. The third-order valence-electron chi connectivity index (χ3n) is 2.04. The van der Waals surface area contributed by atoms with Crippen molar-refractivity contribution in [2.24, 2.45) is 0 Å². The number of carbonyl (C=O) groups is 1. The maximum atomic E-state index is 11.7. The summed E-state index contributed by atoms with van der Waals surface area (Å²) in [6.45, 7) is 4.95. The Kier molecular flexibility index (Phi) is 4.72. The molecule has 5 nitrogen and oxygen atoms in total. The summed E-state index contributed by atoms with van der Waals surface area (Å²) in [6, 6.07) is 3.16. The molecule has 0 fully saturated rings. The van der Waals surface area contributed by atoms with Crippen LogP contribution in [-0.4, -0.2) is 30.1 Å². The summed E-state index contributed by atoms with van der Waals surface area (Å²) < 4.78 is 5.30. The summed E-state index contributed by atoms with van der Waals surface area (Å²) in [5, 5.41) is 2.76. The fourth-order valence-electron chi connectivity index (χ4n) is 1.27. The molecule has 0 bridgehead atoms. The van der Waals surface area contributed by atoms with Crippen molar-refractivity contribution in [1.29, 1.82) is 0 Å². The molecular weight excluding hydrogens is 206 g/mol. The quantitative estimate of drug-likeness (QED) is 0.774. The number of nitrogens with zero attached hydrogens (tertiary/aromatic N) is 1. The van der Waals surface area contributed by atoms with Crippen LogP contribution in [0.3, 0.4) is 0 Å². The Morgan fingerprint density at radius 2 is 2.44 bits per heavy atom.